The van der Waals surface area contributed by atoms with E-state index in [4.69, 9.17) is 14.6 Å². The lowest BCUT2D eigenvalue weighted by atomic mass is 9.79. The fourth-order valence-corrected chi connectivity index (χ4v) is 6.89. The van der Waals surface area contributed by atoms with Gasteiger partial charge in [0.1, 0.15) is 74.9 Å². The van der Waals surface area contributed by atoms with Gasteiger partial charge in [0.25, 0.3) is 11.5 Å². The van der Waals surface area contributed by atoms with Crippen LogP contribution in [-0.2, 0) is 80.2 Å². The minimum atomic E-state index is -4.28. The lowest BCUT2D eigenvalue weighted by Gasteiger charge is -2.35. The summed E-state index contributed by atoms with van der Waals surface area (Å²) < 4.78 is 211. The van der Waals surface area contributed by atoms with Gasteiger partial charge in [0.2, 0.25) is 0 Å². The number of carboxylic acid groups (broad SMARTS) is 1. The summed E-state index contributed by atoms with van der Waals surface area (Å²) >= 11 is 1.95. The Labute approximate surface area is 483 Å². The van der Waals surface area contributed by atoms with Crippen molar-refractivity contribution >= 4 is 63.3 Å². The number of ether oxygens (including phenoxy) is 6. The molecule has 5 aromatic carbocycles. The van der Waals surface area contributed by atoms with E-state index in [0.717, 1.165) is 69.9 Å². The van der Waals surface area contributed by atoms with Gasteiger partial charge in [-0.15, -0.1) is 0 Å². The van der Waals surface area contributed by atoms with Gasteiger partial charge in [-0.25, -0.2) is 48.7 Å². The molecule has 0 aliphatic carbocycles. The smallest absolute Gasteiger partial charge is 0.344 e. The van der Waals surface area contributed by atoms with E-state index in [2.05, 4.69) is 18.9 Å². The molecular weight excluding hydrogens is 1240 g/mol. The van der Waals surface area contributed by atoms with E-state index in [-0.39, 0.29) is 29.2 Å². The van der Waals surface area contributed by atoms with Gasteiger partial charge in [-0.1, -0.05) is 24.3 Å². The molecule has 0 radical (unpaired) electrons. The van der Waals surface area contributed by atoms with E-state index in [9.17, 15) is 95.0 Å². The van der Waals surface area contributed by atoms with Crippen molar-refractivity contribution in [3.8, 4) is 0 Å². The molecule has 0 aliphatic rings. The van der Waals surface area contributed by atoms with Gasteiger partial charge in [-0.3, -0.25) is 28.8 Å². The maximum Gasteiger partial charge on any atom is 0.344 e. The number of carbonyl (C=O) groups excluding carboxylic acids is 6. The summed E-state index contributed by atoms with van der Waals surface area (Å²) in [5.74, 6) is -19.6. The first-order valence-corrected chi connectivity index (χ1v) is 24.3. The molecule has 0 saturated carbocycles. The van der Waals surface area contributed by atoms with E-state index in [0.29, 0.717) is 30.3 Å². The molecule has 0 amide bonds. The zero-order chi connectivity index (χ0) is 65.7. The van der Waals surface area contributed by atoms with Gasteiger partial charge in [0.05, 0.1) is 41.3 Å². The molecule has 2 unspecified atom stereocenters. The summed E-state index contributed by atoms with van der Waals surface area (Å²) in [6.45, 7) is 8.96. The van der Waals surface area contributed by atoms with Gasteiger partial charge in [0.15, 0.2) is 5.92 Å². The summed E-state index contributed by atoms with van der Waals surface area (Å²) in [6.07, 6.45) is -2.99. The number of methoxy groups -OCH3 is 4. The van der Waals surface area contributed by atoms with Crippen LogP contribution < -0.4 is 0 Å². The van der Waals surface area contributed by atoms with Gasteiger partial charge < -0.3 is 33.5 Å². The van der Waals surface area contributed by atoms with Crippen LogP contribution in [0.25, 0.3) is 5.57 Å². The predicted octanol–water partition coefficient (Wildman–Crippen LogP) is 12.3. The average Bonchev–Trinajstić information content (AvgIpc) is 0.997. The van der Waals surface area contributed by atoms with E-state index in [1.165, 1.54) is 33.9 Å². The van der Waals surface area contributed by atoms with E-state index in [1.54, 1.807) is 20.8 Å². The molecule has 0 aliphatic heterocycles. The Morgan fingerprint density at radius 2 is 0.918 bits per heavy atom. The Morgan fingerprint density at radius 3 is 1.28 bits per heavy atom. The highest BCUT2D eigenvalue weighted by molar-refractivity contribution is 9.10. The molecule has 85 heavy (non-hydrogen) atoms. The highest BCUT2D eigenvalue weighted by atomic mass is 79.9. The highest BCUT2D eigenvalue weighted by Gasteiger charge is 2.68. The van der Waals surface area contributed by atoms with Crippen LogP contribution in [0.4, 0.5) is 61.5 Å². The quantitative estimate of drug-likeness (QED) is 0.0292. The molecule has 0 saturated heterocycles. The predicted molar refractivity (Wildman–Crippen MR) is 274 cm³/mol. The Hall–Kier alpha value is -8.37. The molecule has 0 aromatic heterocycles. The maximum absolute atomic E-state index is 14.3. The van der Waals surface area contributed by atoms with Crippen LogP contribution in [0.15, 0.2) is 97.1 Å². The molecule has 1 N–H and O–H groups in total. The Kier molecular flexibility index (Phi) is 28.6. The molecule has 464 valence electrons. The number of halogens is 15. The Bertz CT molecular complexity index is 3230. The van der Waals surface area contributed by atoms with Crippen LogP contribution in [-0.4, -0.2) is 91.4 Å². The molecule has 0 bridgehead atoms. The highest BCUT2D eigenvalue weighted by Crippen LogP contribution is 2.48. The third-order valence-electron chi connectivity index (χ3n) is 10.0. The van der Waals surface area contributed by atoms with E-state index >= 15 is 0 Å². The van der Waals surface area contributed by atoms with Crippen molar-refractivity contribution in [2.45, 2.75) is 81.8 Å². The number of hydrogen-bond donors (Lipinski definition) is 1. The SMILES string of the molecule is COC(=O)C(=C(F)F)c1ccc(F)cc1F.COC(=O)C(C(=O)OC(C)(C)C)(c1ccc(F)cc1F)C(F)(F)Br.COC(=O)C(C(=O)OC(C)(C)C)c1ccc(F)cc1F.COC(=O)Cc1ccc(F)cc1F.O=C(O)Cc1ccc(F)cc1F. The largest absolute Gasteiger partial charge is 0.481 e. The number of alkyl halides is 3. The van der Waals surface area contributed by atoms with Crippen LogP contribution >= 0.6 is 15.9 Å². The Balaban J connectivity index is 0.000000543. The third kappa shape index (κ3) is 23.0. The fraction of sp³-hybridized carbons (Fsp3) is 0.304. The topological polar surface area (TPSA) is 195 Å². The van der Waals surface area contributed by atoms with Crippen LogP contribution in [0.5, 0.6) is 0 Å². The zero-order valence-corrected chi connectivity index (χ0v) is 47.7. The second-order valence-corrected chi connectivity index (χ2v) is 19.6. The monoisotopic (exact) mass is 1290 g/mol. The molecule has 2 atom stereocenters. The van der Waals surface area contributed by atoms with Crippen LogP contribution in [0, 0.1) is 58.2 Å². The molecule has 5 rings (SSSR count). The van der Waals surface area contributed by atoms with Crippen LogP contribution in [0.2, 0.25) is 0 Å². The average molecular weight is 1290 g/mol. The van der Waals surface area contributed by atoms with Crippen molar-refractivity contribution in [2.24, 2.45) is 0 Å². The van der Waals surface area contributed by atoms with E-state index < -0.39 is 157 Å². The molecule has 5 aromatic rings. The molecule has 0 fully saturated rings. The minimum absolute atomic E-state index is 0.0103. The van der Waals surface area contributed by atoms with Crippen molar-refractivity contribution in [3.63, 3.8) is 0 Å². The number of esters is 6. The van der Waals surface area contributed by atoms with Crippen LogP contribution in [0.3, 0.4) is 0 Å². The van der Waals surface area contributed by atoms with Gasteiger partial charge in [-0.2, -0.15) is 17.6 Å². The summed E-state index contributed by atoms with van der Waals surface area (Å²) in [7, 11) is 3.92. The molecular formula is C56H51BrF14O14. The van der Waals surface area contributed by atoms with Crippen molar-refractivity contribution in [1.82, 2.24) is 0 Å². The fourth-order valence-electron chi connectivity index (χ4n) is 6.36. The number of carboxylic acids is 1. The first-order chi connectivity index (χ1) is 39.1. The number of benzene rings is 5. The van der Waals surface area contributed by atoms with Crippen LogP contribution in [0.1, 0.15) is 75.3 Å². The summed E-state index contributed by atoms with van der Waals surface area (Å²) in [6, 6.07) is 11.8. The number of hydrogen-bond acceptors (Lipinski definition) is 13. The second kappa shape index (κ2) is 32.6. The molecule has 14 nitrogen and oxygen atoms in total. The summed E-state index contributed by atoms with van der Waals surface area (Å²) in [5, 5.41) is 8.30. The zero-order valence-electron chi connectivity index (χ0n) is 46.1. The first kappa shape index (κ1) is 74.6. The second-order valence-electron chi connectivity index (χ2n) is 18.6. The normalized spacial score (nSPS) is 11.9. The number of carbonyl (C=O) groups is 7. The van der Waals surface area contributed by atoms with Crippen molar-refractivity contribution < 1.29 is 129 Å². The summed E-state index contributed by atoms with van der Waals surface area (Å²) in [5.41, 5.74) is -8.75. The maximum atomic E-state index is 14.3. The lowest BCUT2D eigenvalue weighted by Crippen LogP contribution is -2.57. The van der Waals surface area contributed by atoms with Crippen molar-refractivity contribution in [2.75, 3.05) is 28.4 Å². The van der Waals surface area contributed by atoms with E-state index in [1.807, 2.05) is 15.9 Å². The minimum Gasteiger partial charge on any atom is -0.481 e. The molecule has 0 spiro atoms. The van der Waals surface area contributed by atoms with Gasteiger partial charge in [-0.05, 0) is 105 Å². The van der Waals surface area contributed by atoms with Gasteiger partial charge >= 0.3 is 46.6 Å². The standard InChI is InChI=1S/C15H15BrF4O4.C14H16F2O4.C10H6F4O2.C9H8F2O2.C8H6F2O2/c1-13(2,3)24-12(22)14(11(21)23-4,15(16,19)20)9-6-5-8(17)7-10(9)18;1-14(2,3)20-13(18)11(12(17)19-4)9-6-5-8(15)7-10(9)16;1-16-10(15)8(9(13)14)6-3-2-5(11)4-7(6)12;1-13-9(12)4-6-2-3-7(10)5-8(6)11;9-6-2-1-5(3-8(11)12)7(10)4-6/h5-7H,1-4H3;5-7,11H,1-4H3;2-4H,1H3;2-3,5H,4H2,1H3;1-2,4H,3H2,(H,11,12). The number of rotatable bonds is 13. The lowest BCUT2D eigenvalue weighted by molar-refractivity contribution is -0.182. The summed E-state index contributed by atoms with van der Waals surface area (Å²) in [4.78, 5) is 75.9. The third-order valence-corrected chi connectivity index (χ3v) is 10.6. The molecule has 0 heterocycles. The first-order valence-electron chi connectivity index (χ1n) is 23.5. The Morgan fingerprint density at radius 1 is 0.494 bits per heavy atom. The van der Waals surface area contributed by atoms with Crippen molar-refractivity contribution in [1.29, 1.82) is 0 Å². The molecule has 29 heteroatoms. The number of aliphatic carboxylic acids is 1. The van der Waals surface area contributed by atoms with Crippen molar-refractivity contribution in [3.05, 3.63) is 183 Å². The van der Waals surface area contributed by atoms with Gasteiger partial charge in [0, 0.05) is 47.0 Å².